The Kier molecular flexibility index (Phi) is 8.92. The van der Waals surface area contributed by atoms with Crippen LogP contribution in [0.2, 0.25) is 0 Å². The van der Waals surface area contributed by atoms with Crippen molar-refractivity contribution in [1.82, 2.24) is 0 Å². The van der Waals surface area contributed by atoms with Crippen molar-refractivity contribution in [1.29, 1.82) is 0 Å². The summed E-state index contributed by atoms with van der Waals surface area (Å²) >= 11 is 0. The summed E-state index contributed by atoms with van der Waals surface area (Å²) in [6.45, 7) is 1.65. The molecular formula is C15H27BF6. The maximum atomic E-state index is 14.2. The van der Waals surface area contributed by atoms with Crippen LogP contribution < -0.4 is 0 Å². The number of unbranched alkanes of at least 4 members (excludes halogenated alkanes) is 3. The van der Waals surface area contributed by atoms with E-state index in [1.54, 1.807) is 20.8 Å². The second kappa shape index (κ2) is 9.07. The average molecular weight is 332 g/mol. The zero-order valence-electron chi connectivity index (χ0n) is 13.7. The summed E-state index contributed by atoms with van der Waals surface area (Å²) in [4.78, 5) is 0. The second-order valence-electron chi connectivity index (χ2n) is 6.03. The second-order valence-corrected chi connectivity index (χ2v) is 6.03. The fraction of sp³-hybridized carbons (Fsp3) is 1.00. The lowest BCUT2D eigenvalue weighted by molar-refractivity contribution is -0.0285. The highest BCUT2D eigenvalue weighted by molar-refractivity contribution is 6.66. The quantitative estimate of drug-likeness (QED) is 0.280. The molecule has 0 atom stereocenters. The molecule has 0 amide bonds. The molecule has 0 unspecified atom stereocenters. The van der Waals surface area contributed by atoms with Gasteiger partial charge in [0.1, 0.15) is 0 Å². The number of halogens is 6. The number of hydrogen-bond donors (Lipinski definition) is 0. The van der Waals surface area contributed by atoms with Crippen LogP contribution in [0.5, 0.6) is 0 Å². The Balaban J connectivity index is 5.46. The molecule has 7 heteroatoms. The zero-order chi connectivity index (χ0) is 17.4. The van der Waals surface area contributed by atoms with Gasteiger partial charge in [-0.15, -0.1) is 0 Å². The van der Waals surface area contributed by atoms with E-state index in [4.69, 9.17) is 0 Å². The normalized spacial score (nSPS) is 13.5. The van der Waals surface area contributed by atoms with Gasteiger partial charge in [0.25, 0.3) is 0 Å². The van der Waals surface area contributed by atoms with E-state index >= 15 is 0 Å². The van der Waals surface area contributed by atoms with Gasteiger partial charge in [0.15, 0.2) is 0 Å². The van der Waals surface area contributed by atoms with Crippen LogP contribution in [0, 0.1) is 0 Å². The molecule has 0 heterocycles. The van der Waals surface area contributed by atoms with Crippen molar-refractivity contribution in [2.24, 2.45) is 0 Å². The van der Waals surface area contributed by atoms with Gasteiger partial charge < -0.3 is 0 Å². The molecule has 0 nitrogen and oxygen atoms in total. The molecule has 0 fully saturated rings. The number of rotatable bonds is 12. The standard InChI is InChI=1S/C15H27BF6/c1-4-7-10-13(17,18)16(14(19,20)11-8-5-2)15(21,22)12-9-6-3/h4-12H2,1-3H3. The van der Waals surface area contributed by atoms with Gasteiger partial charge in [0.05, 0.1) is 0 Å². The molecule has 0 bridgehead atoms. The highest BCUT2D eigenvalue weighted by Crippen LogP contribution is 2.45. The molecule has 0 aromatic rings. The summed E-state index contributed by atoms with van der Waals surface area (Å²) in [5.41, 5.74) is 0. The summed E-state index contributed by atoms with van der Waals surface area (Å²) in [5, 5.41) is 0. The molecule has 0 aromatic carbocycles. The van der Waals surface area contributed by atoms with Crippen LogP contribution in [0.15, 0.2) is 0 Å². The van der Waals surface area contributed by atoms with Crippen molar-refractivity contribution in [3.8, 4) is 0 Å². The third-order valence-electron chi connectivity index (χ3n) is 3.86. The number of alkyl halides is 6. The molecule has 0 N–H and O–H groups in total. The molecule has 0 rings (SSSR count). The van der Waals surface area contributed by atoms with Crippen molar-refractivity contribution in [2.75, 3.05) is 0 Å². The van der Waals surface area contributed by atoms with Gasteiger partial charge in [-0.3, -0.25) is 0 Å². The Hall–Kier alpha value is -0.355. The summed E-state index contributed by atoms with van der Waals surface area (Å²) in [5.74, 6) is -12.2. The van der Waals surface area contributed by atoms with Crippen LogP contribution in [-0.4, -0.2) is 24.2 Å². The minimum atomic E-state index is -4.06. The van der Waals surface area contributed by atoms with Gasteiger partial charge in [-0.2, -0.15) is 0 Å². The van der Waals surface area contributed by atoms with Crippen molar-refractivity contribution in [3.05, 3.63) is 0 Å². The molecule has 22 heavy (non-hydrogen) atoms. The summed E-state index contributed by atoms with van der Waals surface area (Å²) < 4.78 is 85.0. The predicted molar refractivity (Wildman–Crippen MR) is 79.2 cm³/mol. The third-order valence-corrected chi connectivity index (χ3v) is 3.86. The first-order chi connectivity index (χ1) is 10.0. The van der Waals surface area contributed by atoms with Crippen LogP contribution in [-0.2, 0) is 0 Å². The van der Waals surface area contributed by atoms with E-state index in [1.165, 1.54) is 0 Å². The van der Waals surface area contributed by atoms with Crippen LogP contribution >= 0.6 is 0 Å². The average Bonchev–Trinajstić information content (AvgIpc) is 2.39. The molecule has 0 spiro atoms. The van der Waals surface area contributed by atoms with Crippen molar-refractivity contribution >= 4 is 6.71 Å². The Morgan fingerprint density at radius 3 is 0.955 bits per heavy atom. The first kappa shape index (κ1) is 21.6. The van der Waals surface area contributed by atoms with Crippen molar-refractivity contribution in [3.63, 3.8) is 0 Å². The lowest BCUT2D eigenvalue weighted by Crippen LogP contribution is -2.62. The van der Waals surface area contributed by atoms with Gasteiger partial charge in [0, 0.05) is 19.3 Å². The van der Waals surface area contributed by atoms with Gasteiger partial charge in [0.2, 0.25) is 17.5 Å². The lowest BCUT2D eigenvalue weighted by atomic mass is 9.33. The van der Waals surface area contributed by atoms with E-state index in [1.807, 2.05) is 0 Å². The molecule has 0 aliphatic heterocycles. The Labute approximate surface area is 130 Å². The largest absolute Gasteiger partial charge is 0.395 e. The minimum absolute atomic E-state index is 0.0444. The summed E-state index contributed by atoms with van der Waals surface area (Å²) in [6, 6.07) is 0. The number of hydrogen-bond acceptors (Lipinski definition) is 0. The highest BCUT2D eigenvalue weighted by atomic mass is 19.3. The smallest absolute Gasteiger partial charge is 0.217 e. The molecule has 132 valence electrons. The zero-order valence-corrected chi connectivity index (χ0v) is 13.7. The first-order valence-corrected chi connectivity index (χ1v) is 8.18. The minimum Gasteiger partial charge on any atom is -0.217 e. The van der Waals surface area contributed by atoms with E-state index in [2.05, 4.69) is 0 Å². The van der Waals surface area contributed by atoms with E-state index in [0.29, 0.717) is 19.3 Å². The Bertz CT molecular complexity index is 259. The van der Waals surface area contributed by atoms with Crippen LogP contribution in [0.1, 0.15) is 78.6 Å². The SMILES string of the molecule is CCCCC(F)(F)B(C(F)(F)CCCC)C(F)(F)CCCC. The van der Waals surface area contributed by atoms with Crippen molar-refractivity contribution < 1.29 is 26.3 Å². The third kappa shape index (κ3) is 6.41. The lowest BCUT2D eigenvalue weighted by Gasteiger charge is -2.35. The maximum absolute atomic E-state index is 14.2. The van der Waals surface area contributed by atoms with E-state index in [9.17, 15) is 26.3 Å². The fourth-order valence-corrected chi connectivity index (χ4v) is 2.60. The summed E-state index contributed by atoms with van der Waals surface area (Å²) in [7, 11) is 0. The molecular weight excluding hydrogens is 305 g/mol. The maximum Gasteiger partial charge on any atom is 0.395 e. The van der Waals surface area contributed by atoms with Gasteiger partial charge >= 0.3 is 6.71 Å². The molecule has 0 aromatic heterocycles. The monoisotopic (exact) mass is 332 g/mol. The van der Waals surface area contributed by atoms with Gasteiger partial charge in [-0.1, -0.05) is 40.0 Å². The van der Waals surface area contributed by atoms with Gasteiger partial charge in [-0.05, 0) is 19.3 Å². The predicted octanol–water partition coefficient (Wildman–Crippen LogP) is 6.58. The topological polar surface area (TPSA) is 0 Å². The van der Waals surface area contributed by atoms with E-state index < -0.39 is 43.4 Å². The first-order valence-electron chi connectivity index (χ1n) is 8.18. The Morgan fingerprint density at radius 2 is 0.773 bits per heavy atom. The summed E-state index contributed by atoms with van der Waals surface area (Å²) in [6.07, 6.45) is -1.84. The Morgan fingerprint density at radius 1 is 0.545 bits per heavy atom. The van der Waals surface area contributed by atoms with E-state index in [0.717, 1.165) is 0 Å². The molecule has 0 saturated carbocycles. The molecule has 0 aliphatic carbocycles. The van der Waals surface area contributed by atoms with E-state index in [-0.39, 0.29) is 19.3 Å². The van der Waals surface area contributed by atoms with Crippen molar-refractivity contribution in [2.45, 2.75) is 96.0 Å². The van der Waals surface area contributed by atoms with Crippen LogP contribution in [0.3, 0.4) is 0 Å². The molecule has 0 radical (unpaired) electrons. The van der Waals surface area contributed by atoms with Crippen LogP contribution in [0.25, 0.3) is 0 Å². The molecule has 0 aliphatic rings. The van der Waals surface area contributed by atoms with Crippen LogP contribution in [0.4, 0.5) is 26.3 Å². The van der Waals surface area contributed by atoms with Gasteiger partial charge in [-0.25, -0.2) is 26.3 Å². The highest BCUT2D eigenvalue weighted by Gasteiger charge is 2.69. The fourth-order valence-electron chi connectivity index (χ4n) is 2.60. The molecule has 0 saturated heterocycles.